The second-order valence-corrected chi connectivity index (χ2v) is 23.2. The van der Waals surface area contributed by atoms with Gasteiger partial charge in [0.2, 0.25) is 0 Å². The lowest BCUT2D eigenvalue weighted by Gasteiger charge is -2.17. The van der Waals surface area contributed by atoms with Crippen LogP contribution < -0.4 is 0 Å². The van der Waals surface area contributed by atoms with Gasteiger partial charge in [0.25, 0.3) is 0 Å². The molecule has 0 aliphatic heterocycles. The second-order valence-electron chi connectivity index (χ2n) is 23.2. The number of hydrogen-bond donors (Lipinski definition) is 0. The van der Waals surface area contributed by atoms with E-state index in [1.807, 2.05) is 0 Å². The lowest BCUT2D eigenvalue weighted by Crippen LogP contribution is -1.94. The number of nitrogens with zero attached hydrogens (tertiary/aromatic N) is 4. The van der Waals surface area contributed by atoms with E-state index < -0.39 is 0 Å². The molecule has 15 aromatic carbocycles. The molecule has 19 rings (SSSR count). The van der Waals surface area contributed by atoms with Crippen LogP contribution in [0.1, 0.15) is 0 Å². The first kappa shape index (κ1) is 47.1. The molecule has 0 aliphatic rings. The molecule has 0 saturated heterocycles. The average Bonchev–Trinajstić information content (AvgIpc) is 1.66. The zero-order valence-electron chi connectivity index (χ0n) is 46.7. The molecule has 398 valence electrons. The monoisotopic (exact) mass is 1090 g/mol. The zero-order valence-corrected chi connectivity index (χ0v) is 46.7. The summed E-state index contributed by atoms with van der Waals surface area (Å²) >= 11 is 0. The maximum Gasteiger partial charge on any atom is 0.0547 e. The summed E-state index contributed by atoms with van der Waals surface area (Å²) in [5.41, 5.74) is 18.9. The highest BCUT2D eigenvalue weighted by atomic mass is 15.0. The molecule has 86 heavy (non-hydrogen) atoms. The molecule has 0 radical (unpaired) electrons. The molecule has 0 fully saturated rings. The van der Waals surface area contributed by atoms with Crippen molar-refractivity contribution < 1.29 is 0 Å². The first-order chi connectivity index (χ1) is 42.7. The first-order valence-electron chi connectivity index (χ1n) is 29.7. The molecule has 4 heteroatoms. The molecule has 0 N–H and O–H groups in total. The van der Waals surface area contributed by atoms with Gasteiger partial charge in [-0.05, 0) is 211 Å². The van der Waals surface area contributed by atoms with Crippen molar-refractivity contribution in [2.75, 3.05) is 0 Å². The molecule has 0 amide bonds. The Morgan fingerprint density at radius 2 is 0.430 bits per heavy atom. The van der Waals surface area contributed by atoms with Crippen LogP contribution in [0.15, 0.2) is 303 Å². The summed E-state index contributed by atoms with van der Waals surface area (Å²) in [6.45, 7) is 0. The molecule has 0 aliphatic carbocycles. The minimum Gasteiger partial charge on any atom is -0.309 e. The van der Waals surface area contributed by atoms with Gasteiger partial charge in [-0.2, -0.15) is 0 Å². The molecule has 0 saturated carbocycles. The Morgan fingerprint density at radius 1 is 0.151 bits per heavy atom. The van der Waals surface area contributed by atoms with Crippen molar-refractivity contribution in [2.45, 2.75) is 0 Å². The van der Waals surface area contributed by atoms with E-state index in [1.54, 1.807) is 0 Å². The fourth-order valence-corrected chi connectivity index (χ4v) is 14.9. The van der Waals surface area contributed by atoms with Crippen LogP contribution in [-0.4, -0.2) is 18.3 Å². The highest BCUT2D eigenvalue weighted by molar-refractivity contribution is 6.28. The van der Waals surface area contributed by atoms with Crippen molar-refractivity contribution >= 4 is 130 Å². The van der Waals surface area contributed by atoms with Crippen LogP contribution in [-0.2, 0) is 0 Å². The molecule has 4 heterocycles. The van der Waals surface area contributed by atoms with E-state index in [0.29, 0.717) is 0 Å². The van der Waals surface area contributed by atoms with Crippen LogP contribution in [0.3, 0.4) is 0 Å². The summed E-state index contributed by atoms with van der Waals surface area (Å²) in [4.78, 5) is 0. The van der Waals surface area contributed by atoms with Crippen molar-refractivity contribution in [2.24, 2.45) is 0 Å². The van der Waals surface area contributed by atoms with Gasteiger partial charge in [0.15, 0.2) is 0 Å². The van der Waals surface area contributed by atoms with Crippen LogP contribution in [0.4, 0.5) is 0 Å². The molecule has 4 nitrogen and oxygen atoms in total. The molecule has 0 atom stereocenters. The normalized spacial score (nSPS) is 12.2. The van der Waals surface area contributed by atoms with E-state index >= 15 is 0 Å². The third-order valence-electron chi connectivity index (χ3n) is 18.6. The van der Waals surface area contributed by atoms with E-state index in [0.717, 1.165) is 22.7 Å². The minimum atomic E-state index is 1.14. The van der Waals surface area contributed by atoms with Crippen molar-refractivity contribution in [1.82, 2.24) is 18.3 Å². The van der Waals surface area contributed by atoms with E-state index in [4.69, 9.17) is 0 Å². The Kier molecular flexibility index (Phi) is 9.86. The Balaban J connectivity index is 0.942. The summed E-state index contributed by atoms with van der Waals surface area (Å²) in [7, 11) is 0. The lowest BCUT2D eigenvalue weighted by molar-refractivity contribution is 1.18. The van der Waals surface area contributed by atoms with Crippen LogP contribution in [0, 0.1) is 0 Å². The van der Waals surface area contributed by atoms with Crippen molar-refractivity contribution in [3.63, 3.8) is 0 Å². The molecule has 19 aromatic rings. The minimum absolute atomic E-state index is 1.14. The second kappa shape index (κ2) is 18.0. The van der Waals surface area contributed by atoms with E-state index in [1.165, 1.54) is 153 Å². The third-order valence-corrected chi connectivity index (χ3v) is 18.6. The average molecular weight is 1090 g/mol. The van der Waals surface area contributed by atoms with Gasteiger partial charge in [-0.1, -0.05) is 158 Å². The Morgan fingerprint density at radius 3 is 0.767 bits per heavy atom. The number of aromatic nitrogens is 4. The third kappa shape index (κ3) is 6.75. The van der Waals surface area contributed by atoms with Gasteiger partial charge in [-0.3, -0.25) is 0 Å². The van der Waals surface area contributed by atoms with Crippen molar-refractivity contribution in [3.05, 3.63) is 303 Å². The van der Waals surface area contributed by atoms with Gasteiger partial charge >= 0.3 is 0 Å². The van der Waals surface area contributed by atoms with Crippen LogP contribution in [0.25, 0.3) is 175 Å². The van der Waals surface area contributed by atoms with Crippen LogP contribution >= 0.6 is 0 Å². The highest BCUT2D eigenvalue weighted by Crippen LogP contribution is 2.48. The number of hydrogen-bond acceptors (Lipinski definition) is 0. The predicted octanol–water partition coefficient (Wildman–Crippen LogP) is 22.0. The molecular formula is C82H50N4. The predicted molar refractivity (Wildman–Crippen MR) is 365 cm³/mol. The van der Waals surface area contributed by atoms with Crippen molar-refractivity contribution in [3.8, 4) is 45.0 Å². The maximum absolute atomic E-state index is 2.51. The van der Waals surface area contributed by atoms with Crippen LogP contribution in [0.5, 0.6) is 0 Å². The number of benzene rings is 15. The Labute approximate surface area is 494 Å². The summed E-state index contributed by atoms with van der Waals surface area (Å²) in [5.74, 6) is 0. The molecule has 0 spiro atoms. The Bertz CT molecular complexity index is 5670. The van der Waals surface area contributed by atoms with Gasteiger partial charge in [0, 0.05) is 65.8 Å². The smallest absolute Gasteiger partial charge is 0.0547 e. The largest absolute Gasteiger partial charge is 0.309 e. The van der Waals surface area contributed by atoms with Crippen molar-refractivity contribution in [1.29, 1.82) is 0 Å². The fourth-order valence-electron chi connectivity index (χ4n) is 14.9. The topological polar surface area (TPSA) is 19.7 Å². The highest BCUT2D eigenvalue weighted by Gasteiger charge is 2.23. The number of para-hydroxylation sites is 8. The summed E-state index contributed by atoms with van der Waals surface area (Å²) in [6, 6.07) is 113. The van der Waals surface area contributed by atoms with Gasteiger partial charge in [-0.15, -0.1) is 0 Å². The van der Waals surface area contributed by atoms with Gasteiger partial charge in [0.05, 0.1) is 44.1 Å². The van der Waals surface area contributed by atoms with Gasteiger partial charge < -0.3 is 18.3 Å². The number of fused-ring (bicyclic) bond motifs is 18. The standard InChI is InChI=1S/C82H50N4/c1-5-21-55(22-6-1)83-75-33-17-13-29-59(75)71-41-51(37-39-79(71)83)63-43-53-45-66-54(46-65(53)67-47-73-61-31-15-19-35-77(61)85(81(73)49-69(63)67)57-25-9-3-10-26-57)44-64(52-38-40-80-72(42-52)60-30-14-18-34-76(60)84(80)56-23-7-2-8-24-56)70-50-82-74(48-68(66)70)62-32-16-20-36-78(62)86(82)58-27-11-4-12-28-58/h1-50H. The summed E-state index contributed by atoms with van der Waals surface area (Å²) < 4.78 is 9.74. The molecule has 4 aromatic heterocycles. The molecule has 0 bridgehead atoms. The van der Waals surface area contributed by atoms with E-state index in [2.05, 4.69) is 322 Å². The van der Waals surface area contributed by atoms with Gasteiger partial charge in [0.1, 0.15) is 0 Å². The zero-order chi connectivity index (χ0) is 56.1. The van der Waals surface area contributed by atoms with Crippen LogP contribution in [0.2, 0.25) is 0 Å². The lowest BCUT2D eigenvalue weighted by atomic mass is 9.87. The Hall–Kier alpha value is -11.5. The summed E-state index contributed by atoms with van der Waals surface area (Å²) in [6.07, 6.45) is 0. The first-order valence-corrected chi connectivity index (χ1v) is 29.7. The van der Waals surface area contributed by atoms with E-state index in [-0.39, 0.29) is 0 Å². The summed E-state index contributed by atoms with van der Waals surface area (Å²) in [5, 5.41) is 19.6. The number of rotatable bonds is 6. The van der Waals surface area contributed by atoms with E-state index in [9.17, 15) is 0 Å². The SMILES string of the molecule is c1ccc(-n2c3ccccc3c3cc(-c4cc5cc6c(cc(-c7ccc8c(c7)c7ccccc7n8-c7ccccc7)c7cc8c(cc76)c6ccccc6n8-c6ccccc6)cc5c5cc6c7ccccc7n(-c7ccccc7)c6cc45)ccc32)cc1. The fraction of sp³-hybridized carbons (Fsp3) is 0. The maximum atomic E-state index is 2.51. The van der Waals surface area contributed by atoms with Gasteiger partial charge in [-0.25, -0.2) is 0 Å². The quantitative estimate of drug-likeness (QED) is 0.117. The molecule has 0 unspecified atom stereocenters. The molecular weight excluding hydrogens is 1040 g/mol.